The van der Waals surface area contributed by atoms with E-state index in [1.165, 1.54) is 61.5 Å². The SMILES string of the molecule is CCCNCc1ccc(SCCCN2CCCC2)cc1. The van der Waals surface area contributed by atoms with Gasteiger partial charge in [0.2, 0.25) is 0 Å². The second-order valence-corrected chi connectivity index (χ2v) is 6.74. The van der Waals surface area contributed by atoms with Gasteiger partial charge in [0.15, 0.2) is 0 Å². The minimum Gasteiger partial charge on any atom is -0.313 e. The zero-order valence-corrected chi connectivity index (χ0v) is 13.6. The van der Waals surface area contributed by atoms with Crippen LogP contribution in [0.4, 0.5) is 0 Å². The monoisotopic (exact) mass is 292 g/mol. The number of nitrogens with one attached hydrogen (secondary N) is 1. The van der Waals surface area contributed by atoms with Crippen molar-refractivity contribution in [2.75, 3.05) is 31.9 Å². The molecule has 0 unspecified atom stereocenters. The Morgan fingerprint density at radius 3 is 2.60 bits per heavy atom. The molecular weight excluding hydrogens is 264 g/mol. The van der Waals surface area contributed by atoms with E-state index in [-0.39, 0.29) is 0 Å². The molecule has 112 valence electrons. The van der Waals surface area contributed by atoms with Crippen LogP contribution in [0.2, 0.25) is 0 Å². The van der Waals surface area contributed by atoms with Gasteiger partial charge >= 0.3 is 0 Å². The van der Waals surface area contributed by atoms with Crippen molar-refractivity contribution < 1.29 is 0 Å². The molecule has 0 bridgehead atoms. The van der Waals surface area contributed by atoms with Crippen LogP contribution in [-0.2, 0) is 6.54 Å². The predicted octanol–water partition coefficient (Wildman–Crippen LogP) is 3.76. The summed E-state index contributed by atoms with van der Waals surface area (Å²) in [4.78, 5) is 4.01. The normalized spacial score (nSPS) is 15.8. The number of hydrogen-bond acceptors (Lipinski definition) is 3. The van der Waals surface area contributed by atoms with Gasteiger partial charge in [-0.2, -0.15) is 0 Å². The van der Waals surface area contributed by atoms with Crippen LogP contribution in [0.5, 0.6) is 0 Å². The van der Waals surface area contributed by atoms with Gasteiger partial charge in [-0.1, -0.05) is 19.1 Å². The maximum absolute atomic E-state index is 3.44. The molecule has 0 aromatic heterocycles. The van der Waals surface area contributed by atoms with E-state index in [2.05, 4.69) is 41.4 Å². The summed E-state index contributed by atoms with van der Waals surface area (Å²) in [6.07, 6.45) is 5.32. The molecular formula is C17H28N2S. The lowest BCUT2D eigenvalue weighted by Gasteiger charge is -2.13. The summed E-state index contributed by atoms with van der Waals surface area (Å²) >= 11 is 1.99. The van der Waals surface area contributed by atoms with Crippen molar-refractivity contribution in [3.8, 4) is 0 Å². The Labute approximate surface area is 128 Å². The number of nitrogens with zero attached hydrogens (tertiary/aromatic N) is 1. The maximum Gasteiger partial charge on any atom is 0.0205 e. The Hall–Kier alpha value is -0.510. The van der Waals surface area contributed by atoms with Gasteiger partial charge in [-0.3, -0.25) is 0 Å². The fourth-order valence-corrected chi connectivity index (χ4v) is 3.44. The maximum atomic E-state index is 3.44. The zero-order valence-electron chi connectivity index (χ0n) is 12.7. The molecule has 1 aliphatic heterocycles. The molecule has 0 radical (unpaired) electrons. The Morgan fingerprint density at radius 1 is 1.15 bits per heavy atom. The van der Waals surface area contributed by atoms with E-state index in [1.54, 1.807) is 0 Å². The molecule has 1 aliphatic rings. The number of hydrogen-bond donors (Lipinski definition) is 1. The van der Waals surface area contributed by atoms with Crippen LogP contribution in [0.15, 0.2) is 29.2 Å². The average Bonchev–Trinajstić information content (AvgIpc) is 2.99. The zero-order chi connectivity index (χ0) is 14.0. The molecule has 1 N–H and O–H groups in total. The second-order valence-electron chi connectivity index (χ2n) is 5.57. The molecule has 1 aromatic carbocycles. The van der Waals surface area contributed by atoms with Gasteiger partial charge in [0.1, 0.15) is 0 Å². The summed E-state index contributed by atoms with van der Waals surface area (Å²) in [7, 11) is 0. The lowest BCUT2D eigenvalue weighted by Crippen LogP contribution is -2.20. The largest absolute Gasteiger partial charge is 0.313 e. The Morgan fingerprint density at radius 2 is 1.90 bits per heavy atom. The lowest BCUT2D eigenvalue weighted by molar-refractivity contribution is 0.341. The summed E-state index contributed by atoms with van der Waals surface area (Å²) < 4.78 is 0. The highest BCUT2D eigenvalue weighted by Gasteiger charge is 2.10. The van der Waals surface area contributed by atoms with Gasteiger partial charge in [0, 0.05) is 11.4 Å². The molecule has 1 aromatic rings. The third-order valence-corrected chi connectivity index (χ3v) is 4.86. The molecule has 1 fully saturated rings. The predicted molar refractivity (Wildman–Crippen MR) is 89.5 cm³/mol. The Kier molecular flexibility index (Phi) is 7.48. The number of benzene rings is 1. The van der Waals surface area contributed by atoms with Gasteiger partial charge in [0.25, 0.3) is 0 Å². The van der Waals surface area contributed by atoms with Gasteiger partial charge in [-0.05, 0) is 75.3 Å². The van der Waals surface area contributed by atoms with Gasteiger partial charge < -0.3 is 10.2 Å². The fourth-order valence-electron chi connectivity index (χ4n) is 2.60. The van der Waals surface area contributed by atoms with E-state index in [4.69, 9.17) is 0 Å². The molecule has 1 heterocycles. The topological polar surface area (TPSA) is 15.3 Å². The Balaban J connectivity index is 1.60. The van der Waals surface area contributed by atoms with Crippen LogP contribution < -0.4 is 5.32 Å². The van der Waals surface area contributed by atoms with Gasteiger partial charge in [0.05, 0.1) is 0 Å². The first-order valence-corrected chi connectivity index (χ1v) is 9.02. The highest BCUT2D eigenvalue weighted by molar-refractivity contribution is 7.99. The van der Waals surface area contributed by atoms with Crippen LogP contribution in [0.25, 0.3) is 0 Å². The smallest absolute Gasteiger partial charge is 0.0205 e. The molecule has 1 saturated heterocycles. The van der Waals surface area contributed by atoms with E-state index in [1.807, 2.05) is 11.8 Å². The number of likely N-dealkylation sites (tertiary alicyclic amines) is 1. The summed E-state index contributed by atoms with van der Waals surface area (Å²) in [5.41, 5.74) is 1.39. The molecule has 2 nitrogen and oxygen atoms in total. The number of thioether (sulfide) groups is 1. The molecule has 0 amide bonds. The molecule has 0 spiro atoms. The molecule has 20 heavy (non-hydrogen) atoms. The van der Waals surface area contributed by atoms with Crippen LogP contribution in [-0.4, -0.2) is 36.8 Å². The van der Waals surface area contributed by atoms with Crippen molar-refractivity contribution >= 4 is 11.8 Å². The standard InChI is InChI=1S/C17H28N2S/c1-2-10-18-15-16-6-8-17(9-7-16)20-14-5-13-19-11-3-4-12-19/h6-9,18H,2-5,10-15H2,1H3. The third kappa shape index (κ3) is 5.86. The Bertz CT molecular complexity index is 358. The van der Waals surface area contributed by atoms with Crippen molar-refractivity contribution in [1.82, 2.24) is 10.2 Å². The summed E-state index contributed by atoms with van der Waals surface area (Å²) in [6, 6.07) is 9.05. The van der Waals surface area contributed by atoms with E-state index < -0.39 is 0 Å². The van der Waals surface area contributed by atoms with Crippen molar-refractivity contribution in [2.45, 2.75) is 44.0 Å². The first kappa shape index (κ1) is 15.9. The van der Waals surface area contributed by atoms with Crippen LogP contribution in [0, 0.1) is 0 Å². The third-order valence-electron chi connectivity index (χ3n) is 3.77. The highest BCUT2D eigenvalue weighted by atomic mass is 32.2. The van der Waals surface area contributed by atoms with Crippen molar-refractivity contribution in [3.05, 3.63) is 29.8 Å². The van der Waals surface area contributed by atoms with E-state index in [9.17, 15) is 0 Å². The first-order valence-electron chi connectivity index (χ1n) is 8.03. The fraction of sp³-hybridized carbons (Fsp3) is 0.647. The van der Waals surface area contributed by atoms with Crippen molar-refractivity contribution in [2.24, 2.45) is 0 Å². The molecule has 0 atom stereocenters. The van der Waals surface area contributed by atoms with E-state index in [0.717, 1.165) is 13.1 Å². The van der Waals surface area contributed by atoms with E-state index >= 15 is 0 Å². The van der Waals surface area contributed by atoms with Crippen molar-refractivity contribution in [1.29, 1.82) is 0 Å². The van der Waals surface area contributed by atoms with Crippen LogP contribution in [0.3, 0.4) is 0 Å². The first-order chi connectivity index (χ1) is 9.88. The lowest BCUT2D eigenvalue weighted by atomic mass is 10.2. The number of rotatable bonds is 9. The van der Waals surface area contributed by atoms with Gasteiger partial charge in [-0.25, -0.2) is 0 Å². The van der Waals surface area contributed by atoms with E-state index in [0.29, 0.717) is 0 Å². The molecule has 0 aliphatic carbocycles. The molecule has 0 saturated carbocycles. The molecule has 2 rings (SSSR count). The van der Waals surface area contributed by atoms with Gasteiger partial charge in [-0.15, -0.1) is 11.8 Å². The minimum absolute atomic E-state index is 0.994. The van der Waals surface area contributed by atoms with Crippen LogP contribution in [0.1, 0.15) is 38.2 Å². The summed E-state index contributed by atoms with van der Waals surface area (Å²) in [6.45, 7) is 8.23. The van der Waals surface area contributed by atoms with Crippen molar-refractivity contribution in [3.63, 3.8) is 0 Å². The highest BCUT2D eigenvalue weighted by Crippen LogP contribution is 2.20. The summed E-state index contributed by atoms with van der Waals surface area (Å²) in [5.74, 6) is 1.24. The minimum atomic E-state index is 0.994. The second kappa shape index (κ2) is 9.43. The average molecular weight is 292 g/mol. The summed E-state index contributed by atoms with van der Waals surface area (Å²) in [5, 5.41) is 3.44. The quantitative estimate of drug-likeness (QED) is 0.551. The van der Waals surface area contributed by atoms with Crippen LogP contribution >= 0.6 is 11.8 Å². The molecule has 3 heteroatoms.